The molecule has 1 atom stereocenters. The molecule has 1 unspecified atom stereocenters. The molecular formula is C22H36FN3O3. The molecule has 0 bridgehead atoms. The third kappa shape index (κ3) is 10.1. The minimum atomic E-state index is -0.785. The van der Waals surface area contributed by atoms with Crippen molar-refractivity contribution < 1.29 is 19.1 Å². The number of hydrogen-bond donors (Lipinski definition) is 4. The molecule has 0 rings (SSSR count). The Hall–Kier alpha value is -2.41. The van der Waals surface area contributed by atoms with Gasteiger partial charge in [0.15, 0.2) is 0 Å². The van der Waals surface area contributed by atoms with Gasteiger partial charge in [0.05, 0.1) is 6.04 Å². The first-order valence-electron chi connectivity index (χ1n) is 10.1. The Labute approximate surface area is 174 Å². The van der Waals surface area contributed by atoms with E-state index in [1.807, 2.05) is 19.9 Å². The Morgan fingerprint density at radius 1 is 1.17 bits per heavy atom. The molecule has 0 aliphatic rings. The average molecular weight is 410 g/mol. The first kappa shape index (κ1) is 26.6. The smallest absolute Gasteiger partial charge is 0.260 e. The summed E-state index contributed by atoms with van der Waals surface area (Å²) < 4.78 is 14.2. The molecule has 4 N–H and O–H groups in total. The van der Waals surface area contributed by atoms with Gasteiger partial charge in [-0.25, -0.2) is 4.39 Å². The molecular weight excluding hydrogens is 373 g/mol. The Kier molecular flexibility index (Phi) is 13.4. The Bertz CT molecular complexity index is 666. The summed E-state index contributed by atoms with van der Waals surface area (Å²) >= 11 is 0. The molecule has 0 saturated carbocycles. The summed E-state index contributed by atoms with van der Waals surface area (Å²) in [5.74, 6) is -2.37. The van der Waals surface area contributed by atoms with Gasteiger partial charge < -0.3 is 21.1 Å². The van der Waals surface area contributed by atoms with Gasteiger partial charge in [0.25, 0.3) is 11.8 Å². The van der Waals surface area contributed by atoms with E-state index in [-0.39, 0.29) is 23.5 Å². The summed E-state index contributed by atoms with van der Waals surface area (Å²) in [5, 5.41) is 18.5. The molecule has 164 valence electrons. The lowest BCUT2D eigenvalue weighted by molar-refractivity contribution is -0.123. The van der Waals surface area contributed by atoms with Crippen LogP contribution >= 0.6 is 0 Å². The third-order valence-corrected chi connectivity index (χ3v) is 4.12. The number of halogens is 1. The van der Waals surface area contributed by atoms with E-state index in [9.17, 15) is 19.1 Å². The lowest BCUT2D eigenvalue weighted by Crippen LogP contribution is -2.39. The summed E-state index contributed by atoms with van der Waals surface area (Å²) in [6, 6.07) is -0.577. The Morgan fingerprint density at radius 2 is 1.79 bits per heavy atom. The number of amides is 2. The maximum absolute atomic E-state index is 14.2. The maximum atomic E-state index is 14.2. The second kappa shape index (κ2) is 14.6. The van der Waals surface area contributed by atoms with Crippen LogP contribution in [-0.4, -0.2) is 42.6 Å². The second-order valence-corrected chi connectivity index (χ2v) is 6.78. The molecule has 0 spiro atoms. The fourth-order valence-corrected chi connectivity index (χ4v) is 2.44. The monoisotopic (exact) mass is 409 g/mol. The summed E-state index contributed by atoms with van der Waals surface area (Å²) in [4.78, 5) is 24.9. The van der Waals surface area contributed by atoms with Gasteiger partial charge in [-0.2, -0.15) is 0 Å². The number of rotatable bonds is 13. The van der Waals surface area contributed by atoms with Gasteiger partial charge in [0.2, 0.25) is 0 Å². The van der Waals surface area contributed by atoms with E-state index in [1.54, 1.807) is 20.8 Å². The minimum Gasteiger partial charge on any atom is -0.510 e. The Balaban J connectivity index is 5.33. The maximum Gasteiger partial charge on any atom is 0.260 e. The van der Waals surface area contributed by atoms with Crippen LogP contribution in [0.3, 0.4) is 0 Å². The van der Waals surface area contributed by atoms with Crippen LogP contribution in [0.4, 0.5) is 4.39 Å². The number of likely N-dealkylation sites (N-methyl/N-ethyl adjacent to an activating group) is 1. The van der Waals surface area contributed by atoms with Crippen molar-refractivity contribution in [1.82, 2.24) is 16.0 Å². The molecule has 0 radical (unpaired) electrons. The van der Waals surface area contributed by atoms with Gasteiger partial charge in [-0.15, -0.1) is 0 Å². The van der Waals surface area contributed by atoms with Crippen LogP contribution in [0.2, 0.25) is 0 Å². The number of carbonyl (C=O) groups is 2. The molecule has 0 aromatic heterocycles. The van der Waals surface area contributed by atoms with Gasteiger partial charge in [-0.1, -0.05) is 38.5 Å². The first-order valence-corrected chi connectivity index (χ1v) is 10.1. The van der Waals surface area contributed by atoms with Crippen molar-refractivity contribution in [2.24, 2.45) is 0 Å². The molecule has 0 heterocycles. The summed E-state index contributed by atoms with van der Waals surface area (Å²) in [7, 11) is 0. The minimum absolute atomic E-state index is 0.0751. The van der Waals surface area contributed by atoms with Gasteiger partial charge >= 0.3 is 0 Å². The van der Waals surface area contributed by atoms with Crippen LogP contribution in [0.1, 0.15) is 53.9 Å². The molecule has 0 aliphatic carbocycles. The average Bonchev–Trinajstić information content (AvgIpc) is 2.66. The molecule has 0 aliphatic heterocycles. The zero-order valence-corrected chi connectivity index (χ0v) is 18.3. The van der Waals surface area contributed by atoms with Crippen molar-refractivity contribution in [2.75, 3.05) is 19.6 Å². The van der Waals surface area contributed by atoms with E-state index in [1.165, 1.54) is 6.08 Å². The molecule has 7 heteroatoms. The topological polar surface area (TPSA) is 90.5 Å². The van der Waals surface area contributed by atoms with Crippen molar-refractivity contribution in [3.8, 4) is 0 Å². The highest BCUT2D eigenvalue weighted by Gasteiger charge is 2.25. The highest BCUT2D eigenvalue weighted by Crippen LogP contribution is 2.13. The van der Waals surface area contributed by atoms with Crippen LogP contribution in [-0.2, 0) is 9.59 Å². The van der Waals surface area contributed by atoms with Crippen LogP contribution in [0.15, 0.2) is 47.0 Å². The number of aliphatic hydroxyl groups excluding tert-OH is 1. The second-order valence-electron chi connectivity index (χ2n) is 6.78. The van der Waals surface area contributed by atoms with Crippen molar-refractivity contribution in [2.45, 2.75) is 59.9 Å². The van der Waals surface area contributed by atoms with Crippen molar-refractivity contribution >= 4 is 11.8 Å². The van der Waals surface area contributed by atoms with Gasteiger partial charge in [0.1, 0.15) is 17.2 Å². The highest BCUT2D eigenvalue weighted by atomic mass is 19.1. The van der Waals surface area contributed by atoms with Crippen LogP contribution in [0, 0.1) is 0 Å². The lowest BCUT2D eigenvalue weighted by Gasteiger charge is -2.17. The number of unbranched alkanes of at least 4 members (excludes halogenated alkanes) is 1. The van der Waals surface area contributed by atoms with Crippen LogP contribution in [0.25, 0.3) is 0 Å². The number of hydrogen-bond acceptors (Lipinski definition) is 4. The number of carbonyl (C=O) groups excluding carboxylic acids is 2. The molecule has 0 fully saturated rings. The van der Waals surface area contributed by atoms with E-state index in [0.717, 1.165) is 24.8 Å². The molecule has 0 aromatic rings. The molecule has 6 nitrogen and oxygen atoms in total. The number of aliphatic hydroxyl groups is 1. The zero-order chi connectivity index (χ0) is 22.4. The largest absolute Gasteiger partial charge is 0.510 e. The molecule has 2 amide bonds. The lowest BCUT2D eigenvalue weighted by atomic mass is 10.1. The SMILES string of the molecule is C=C(CNC(=O)/C(C(=O)NCC)=C(/O)C(C)NCCCC)/C(F)=C\C(C)=C/CC. The fraction of sp³-hybridized carbons (Fsp3) is 0.545. The molecule has 0 aromatic carbocycles. The van der Waals surface area contributed by atoms with Crippen molar-refractivity contribution in [1.29, 1.82) is 0 Å². The predicted octanol–water partition coefficient (Wildman–Crippen LogP) is 3.59. The normalized spacial score (nSPS) is 14.1. The number of nitrogens with one attached hydrogen (secondary N) is 3. The molecule has 29 heavy (non-hydrogen) atoms. The number of allylic oxidation sites excluding steroid dienone is 3. The van der Waals surface area contributed by atoms with Gasteiger partial charge in [-0.05, 0) is 51.8 Å². The van der Waals surface area contributed by atoms with Crippen molar-refractivity contribution in [3.63, 3.8) is 0 Å². The van der Waals surface area contributed by atoms with Gasteiger partial charge in [0, 0.05) is 13.1 Å². The summed E-state index contributed by atoms with van der Waals surface area (Å²) in [6.07, 6.45) is 5.87. The van der Waals surface area contributed by atoms with Gasteiger partial charge in [-0.3, -0.25) is 9.59 Å². The fourth-order valence-electron chi connectivity index (χ4n) is 2.44. The highest BCUT2D eigenvalue weighted by molar-refractivity contribution is 6.18. The Morgan fingerprint density at radius 3 is 2.34 bits per heavy atom. The van der Waals surface area contributed by atoms with Crippen LogP contribution < -0.4 is 16.0 Å². The summed E-state index contributed by atoms with van der Waals surface area (Å²) in [5.41, 5.74) is 0.443. The van der Waals surface area contributed by atoms with E-state index >= 15 is 0 Å². The van der Waals surface area contributed by atoms with E-state index < -0.39 is 23.7 Å². The van der Waals surface area contributed by atoms with E-state index in [0.29, 0.717) is 13.1 Å². The van der Waals surface area contributed by atoms with E-state index in [2.05, 4.69) is 22.5 Å². The third-order valence-electron chi connectivity index (χ3n) is 4.12. The van der Waals surface area contributed by atoms with E-state index in [4.69, 9.17) is 0 Å². The predicted molar refractivity (Wildman–Crippen MR) is 116 cm³/mol. The quantitative estimate of drug-likeness (QED) is 0.0934. The van der Waals surface area contributed by atoms with Crippen molar-refractivity contribution in [3.05, 3.63) is 47.0 Å². The summed E-state index contributed by atoms with van der Waals surface area (Å²) in [6.45, 7) is 13.5. The zero-order valence-electron chi connectivity index (χ0n) is 18.3. The standard InChI is InChI=1S/C22H36FN3O3/c1-7-10-12-25-17(6)20(27)19(21(28)24-9-3)22(29)26-14-16(5)18(23)13-15(4)11-8-2/h11,13,17,25,27H,5,7-10,12,14H2,1-4,6H3,(H,24,28)(H,26,29)/b15-11-,18-13+,20-19+. The first-order chi connectivity index (χ1) is 13.7. The van der Waals surface area contributed by atoms with Crippen LogP contribution in [0.5, 0.6) is 0 Å². The molecule has 0 saturated heterocycles.